The summed E-state index contributed by atoms with van der Waals surface area (Å²) in [5.41, 5.74) is 8.06. The highest BCUT2D eigenvalue weighted by Gasteiger charge is 2.01. The molecule has 0 aliphatic rings. The van der Waals surface area contributed by atoms with Gasteiger partial charge in [0.15, 0.2) is 5.17 Å². The summed E-state index contributed by atoms with van der Waals surface area (Å²) in [6, 6.07) is 26.0. The van der Waals surface area contributed by atoms with E-state index in [0.29, 0.717) is 5.17 Å². The van der Waals surface area contributed by atoms with Gasteiger partial charge in [0.1, 0.15) is 0 Å². The van der Waals surface area contributed by atoms with E-state index in [1.165, 1.54) is 17.3 Å². The molecule has 0 aromatic heterocycles. The van der Waals surface area contributed by atoms with Gasteiger partial charge in [-0.1, -0.05) is 89.7 Å². The van der Waals surface area contributed by atoms with Crippen LogP contribution in [-0.2, 0) is 5.75 Å². The van der Waals surface area contributed by atoms with Crippen LogP contribution in [0.3, 0.4) is 0 Å². The second-order valence-corrected chi connectivity index (χ2v) is 8.08. The van der Waals surface area contributed by atoms with Crippen molar-refractivity contribution in [1.29, 1.82) is 0 Å². The number of halogens is 1. The fourth-order valence-corrected chi connectivity index (χ4v) is 3.89. The van der Waals surface area contributed by atoms with Gasteiger partial charge >= 0.3 is 0 Å². The molecule has 3 aromatic rings. The molecule has 2 N–H and O–H groups in total. The Morgan fingerprint density at radius 3 is 2.37 bits per heavy atom. The van der Waals surface area contributed by atoms with Gasteiger partial charge in [-0.3, -0.25) is 0 Å². The smallest absolute Gasteiger partial charge is 0.180 e. The summed E-state index contributed by atoms with van der Waals surface area (Å²) in [5, 5.41) is 9.31. The lowest BCUT2D eigenvalue weighted by Crippen LogP contribution is -2.05. The lowest BCUT2D eigenvalue weighted by molar-refractivity contribution is 1.25. The summed E-state index contributed by atoms with van der Waals surface area (Å²) in [5.74, 6) is 0.777. The number of hydrogen-bond acceptors (Lipinski definition) is 4. The maximum Gasteiger partial charge on any atom is 0.180 e. The van der Waals surface area contributed by atoms with Crippen LogP contribution in [0.5, 0.6) is 0 Å². The second kappa shape index (κ2) is 10.2. The van der Waals surface area contributed by atoms with Crippen molar-refractivity contribution < 1.29 is 0 Å². The van der Waals surface area contributed by atoms with E-state index in [9.17, 15) is 0 Å². The number of amidine groups is 1. The number of nitrogens with zero attached hydrogens (tertiary/aromatic N) is 2. The quantitative estimate of drug-likeness (QED) is 0.304. The average Bonchev–Trinajstić information content (AvgIpc) is 2.70. The molecular formula is C21H18ClN3S2. The number of thioether (sulfide) groups is 1. The monoisotopic (exact) mass is 411 g/mol. The molecule has 27 heavy (non-hydrogen) atoms. The number of benzene rings is 3. The molecule has 3 nitrogen and oxygen atoms in total. The van der Waals surface area contributed by atoms with Crippen LogP contribution in [0.2, 0.25) is 5.02 Å². The summed E-state index contributed by atoms with van der Waals surface area (Å²) in [6.45, 7) is 0. The zero-order chi connectivity index (χ0) is 18.9. The maximum absolute atomic E-state index is 6.20. The van der Waals surface area contributed by atoms with Crippen molar-refractivity contribution in [3.63, 3.8) is 0 Å². The average molecular weight is 412 g/mol. The molecule has 0 saturated carbocycles. The summed E-state index contributed by atoms with van der Waals surface area (Å²) >= 11 is 9.29. The van der Waals surface area contributed by atoms with Crippen LogP contribution >= 0.6 is 35.1 Å². The molecule has 3 aromatic carbocycles. The Balaban J connectivity index is 1.53. The van der Waals surface area contributed by atoms with E-state index < -0.39 is 0 Å². The highest BCUT2D eigenvalue weighted by molar-refractivity contribution is 8.13. The van der Waals surface area contributed by atoms with E-state index in [2.05, 4.69) is 22.3 Å². The minimum absolute atomic E-state index is 0.445. The third kappa shape index (κ3) is 6.47. The molecule has 0 atom stereocenters. The third-order valence-electron chi connectivity index (χ3n) is 3.54. The minimum Gasteiger partial charge on any atom is -0.377 e. The minimum atomic E-state index is 0.445. The summed E-state index contributed by atoms with van der Waals surface area (Å²) in [7, 11) is 0. The first-order valence-electron chi connectivity index (χ1n) is 8.26. The first-order valence-corrected chi connectivity index (χ1v) is 10.4. The van der Waals surface area contributed by atoms with E-state index in [-0.39, 0.29) is 0 Å². The van der Waals surface area contributed by atoms with E-state index in [1.54, 1.807) is 18.0 Å². The Morgan fingerprint density at radius 1 is 0.926 bits per heavy atom. The first-order chi connectivity index (χ1) is 13.2. The molecule has 0 spiro atoms. The van der Waals surface area contributed by atoms with Crippen molar-refractivity contribution >= 4 is 46.5 Å². The fourth-order valence-electron chi connectivity index (χ4n) is 2.19. The maximum atomic E-state index is 6.20. The normalized spacial score (nSPS) is 11.8. The number of nitrogens with two attached hydrogens (primary N) is 1. The molecule has 0 saturated heterocycles. The van der Waals surface area contributed by atoms with Crippen molar-refractivity contribution in [3.05, 3.63) is 95.0 Å². The van der Waals surface area contributed by atoms with Gasteiger partial charge in [-0.05, 0) is 35.4 Å². The molecule has 0 aliphatic carbocycles. The summed E-state index contributed by atoms with van der Waals surface area (Å²) in [6.07, 6.45) is 1.69. The molecule has 6 heteroatoms. The highest BCUT2D eigenvalue weighted by Crippen LogP contribution is 2.32. The lowest BCUT2D eigenvalue weighted by Gasteiger charge is -2.03. The van der Waals surface area contributed by atoms with Crippen LogP contribution in [0, 0.1) is 0 Å². The Kier molecular flexibility index (Phi) is 7.39. The van der Waals surface area contributed by atoms with Crippen LogP contribution in [0.15, 0.2) is 98.9 Å². The van der Waals surface area contributed by atoms with Crippen LogP contribution < -0.4 is 5.73 Å². The Labute approximate surface area is 172 Å². The zero-order valence-corrected chi connectivity index (χ0v) is 16.8. The van der Waals surface area contributed by atoms with Gasteiger partial charge in [0.2, 0.25) is 0 Å². The largest absolute Gasteiger partial charge is 0.377 e. The van der Waals surface area contributed by atoms with Crippen LogP contribution in [0.4, 0.5) is 0 Å². The molecular weight excluding hydrogens is 394 g/mol. The van der Waals surface area contributed by atoms with E-state index in [0.717, 1.165) is 26.1 Å². The van der Waals surface area contributed by atoms with Gasteiger partial charge in [0.25, 0.3) is 0 Å². The number of rotatable bonds is 6. The first kappa shape index (κ1) is 19.5. The Morgan fingerprint density at radius 2 is 1.63 bits per heavy atom. The molecule has 0 radical (unpaired) electrons. The Hall–Kier alpha value is -2.21. The predicted octanol–water partition coefficient (Wildman–Crippen LogP) is 6.07. The van der Waals surface area contributed by atoms with Crippen LogP contribution in [0.1, 0.15) is 11.1 Å². The molecule has 0 amide bonds. The fraction of sp³-hybridized carbons (Fsp3) is 0.0476. The predicted molar refractivity (Wildman–Crippen MR) is 119 cm³/mol. The highest BCUT2D eigenvalue weighted by atomic mass is 35.5. The summed E-state index contributed by atoms with van der Waals surface area (Å²) < 4.78 is 0. The van der Waals surface area contributed by atoms with E-state index >= 15 is 0 Å². The molecule has 0 unspecified atom stereocenters. The molecule has 0 heterocycles. The van der Waals surface area contributed by atoms with Crippen molar-refractivity contribution in [2.75, 3.05) is 0 Å². The summed E-state index contributed by atoms with van der Waals surface area (Å²) in [4.78, 5) is 2.15. The molecule has 0 fully saturated rings. The number of hydrogen-bond donors (Lipinski definition) is 1. The van der Waals surface area contributed by atoms with Crippen molar-refractivity contribution in [2.45, 2.75) is 15.5 Å². The van der Waals surface area contributed by atoms with Crippen molar-refractivity contribution in [3.8, 4) is 0 Å². The van der Waals surface area contributed by atoms with Crippen LogP contribution in [0.25, 0.3) is 0 Å². The van der Waals surface area contributed by atoms with Crippen molar-refractivity contribution in [2.24, 2.45) is 15.9 Å². The molecule has 136 valence electrons. The SMILES string of the molecule is NC(=NN=Cc1ccc(Sc2ccccc2Cl)cc1)SCc1ccccc1. The molecule has 0 aliphatic heterocycles. The van der Waals surface area contributed by atoms with Gasteiger partial charge in [0.05, 0.1) is 11.2 Å². The van der Waals surface area contributed by atoms with E-state index in [1.807, 2.05) is 66.7 Å². The topological polar surface area (TPSA) is 50.7 Å². The standard InChI is InChI=1S/C21H18ClN3S2/c22-19-8-4-5-9-20(19)27-18-12-10-16(11-13-18)14-24-25-21(23)26-15-17-6-2-1-3-7-17/h1-14H,15H2,(H2,23,25). The second-order valence-electron chi connectivity index (χ2n) is 5.56. The van der Waals surface area contributed by atoms with Gasteiger partial charge < -0.3 is 5.73 Å². The molecule has 0 bridgehead atoms. The van der Waals surface area contributed by atoms with Gasteiger partial charge in [-0.25, -0.2) is 0 Å². The third-order valence-corrected chi connectivity index (χ3v) is 5.92. The Bertz CT molecular complexity index is 926. The van der Waals surface area contributed by atoms with E-state index in [4.69, 9.17) is 17.3 Å². The lowest BCUT2D eigenvalue weighted by atomic mass is 10.2. The zero-order valence-electron chi connectivity index (χ0n) is 14.5. The van der Waals surface area contributed by atoms with Crippen molar-refractivity contribution in [1.82, 2.24) is 0 Å². The van der Waals surface area contributed by atoms with Gasteiger partial charge in [-0.15, -0.1) is 5.10 Å². The van der Waals surface area contributed by atoms with Gasteiger partial charge in [0, 0.05) is 15.5 Å². The van der Waals surface area contributed by atoms with Crippen LogP contribution in [-0.4, -0.2) is 11.4 Å². The molecule has 3 rings (SSSR count). The van der Waals surface area contributed by atoms with Gasteiger partial charge in [-0.2, -0.15) is 5.10 Å².